The van der Waals surface area contributed by atoms with Gasteiger partial charge in [-0.15, -0.1) is 0 Å². The van der Waals surface area contributed by atoms with Crippen molar-refractivity contribution in [1.29, 1.82) is 0 Å². The number of aromatic amines is 1. The Bertz CT molecular complexity index is 930. The topological polar surface area (TPSA) is 92.1 Å². The summed E-state index contributed by atoms with van der Waals surface area (Å²) in [5.41, 5.74) is 2.01. The molecule has 0 spiro atoms. The Hall–Kier alpha value is -3.22. The summed E-state index contributed by atoms with van der Waals surface area (Å²) in [6.45, 7) is 3.78. The molecule has 1 amide bonds. The van der Waals surface area contributed by atoms with E-state index < -0.39 is 11.5 Å². The van der Waals surface area contributed by atoms with Crippen LogP contribution in [0.15, 0.2) is 52.1 Å². The molecule has 2 heterocycles. The molecule has 128 valence electrons. The lowest BCUT2D eigenvalue weighted by Crippen LogP contribution is -2.34. The molecule has 0 radical (unpaired) electrons. The smallest absolute Gasteiger partial charge is 0.264 e. The molecule has 0 saturated carbocycles. The van der Waals surface area contributed by atoms with Crippen LogP contribution in [0, 0.1) is 6.92 Å². The number of amides is 1. The lowest BCUT2D eigenvalue weighted by atomic mass is 10.1. The third kappa shape index (κ3) is 3.35. The van der Waals surface area contributed by atoms with Crippen molar-refractivity contribution in [2.24, 2.45) is 0 Å². The van der Waals surface area contributed by atoms with Gasteiger partial charge in [0, 0.05) is 24.9 Å². The number of H-pyrrole nitrogens is 1. The van der Waals surface area contributed by atoms with E-state index in [0.29, 0.717) is 11.5 Å². The monoisotopic (exact) mass is 338 g/mol. The van der Waals surface area contributed by atoms with Crippen molar-refractivity contribution in [2.45, 2.75) is 19.9 Å². The Morgan fingerprint density at radius 2 is 1.96 bits per heavy atom. The van der Waals surface area contributed by atoms with Gasteiger partial charge >= 0.3 is 0 Å². The molecule has 7 heteroatoms. The van der Waals surface area contributed by atoms with Crippen LogP contribution in [0.4, 0.5) is 0 Å². The van der Waals surface area contributed by atoms with Gasteiger partial charge in [0.25, 0.3) is 11.5 Å². The first-order valence-electron chi connectivity index (χ1n) is 7.81. The number of rotatable bonds is 4. The largest absolute Gasteiger partial charge is 0.364 e. The molecule has 0 aliphatic carbocycles. The number of aryl methyl sites for hydroxylation is 1. The molecule has 25 heavy (non-hydrogen) atoms. The minimum Gasteiger partial charge on any atom is -0.364 e. The highest BCUT2D eigenvalue weighted by atomic mass is 16.5. The minimum absolute atomic E-state index is 0.0197. The summed E-state index contributed by atoms with van der Waals surface area (Å²) in [7, 11) is 1.61. The van der Waals surface area contributed by atoms with Crippen molar-refractivity contribution in [3.63, 3.8) is 0 Å². The number of hydrogen-bond acceptors (Lipinski definition) is 5. The van der Waals surface area contributed by atoms with E-state index in [0.717, 1.165) is 11.1 Å². The fourth-order valence-electron chi connectivity index (χ4n) is 2.41. The van der Waals surface area contributed by atoms with Crippen molar-refractivity contribution < 1.29 is 9.32 Å². The van der Waals surface area contributed by atoms with Crippen molar-refractivity contribution in [1.82, 2.24) is 20.0 Å². The standard InChI is InChI=1S/C18H18N4O3/c1-11-4-6-13(7-5-11)16-19-10-14(17(23)20-16)18(24)22(3)12(2)15-8-9-25-21-15/h4-10,12H,1-3H3,(H,19,20,23)/t12-/m1/s1. The quantitative estimate of drug-likeness (QED) is 0.789. The SMILES string of the molecule is Cc1ccc(-c2ncc(C(=O)N(C)[C@H](C)c3ccon3)c(=O)[nH]2)cc1. The molecule has 7 nitrogen and oxygen atoms in total. The Kier molecular flexibility index (Phi) is 4.47. The first-order chi connectivity index (χ1) is 12.0. The summed E-state index contributed by atoms with van der Waals surface area (Å²) < 4.78 is 4.80. The van der Waals surface area contributed by atoms with E-state index in [-0.39, 0.29) is 11.6 Å². The zero-order valence-corrected chi connectivity index (χ0v) is 14.2. The lowest BCUT2D eigenvalue weighted by Gasteiger charge is -2.22. The summed E-state index contributed by atoms with van der Waals surface area (Å²) in [5.74, 6) is -0.00606. The van der Waals surface area contributed by atoms with E-state index in [1.54, 1.807) is 20.0 Å². The van der Waals surface area contributed by atoms with Crippen molar-refractivity contribution in [3.05, 3.63) is 70.0 Å². The van der Waals surface area contributed by atoms with Gasteiger partial charge in [-0.3, -0.25) is 9.59 Å². The van der Waals surface area contributed by atoms with Crippen LogP contribution in [0.1, 0.15) is 34.6 Å². The van der Waals surface area contributed by atoms with E-state index in [1.807, 2.05) is 31.2 Å². The van der Waals surface area contributed by atoms with Gasteiger partial charge in [0.1, 0.15) is 23.3 Å². The minimum atomic E-state index is -0.477. The van der Waals surface area contributed by atoms with Gasteiger partial charge in [-0.25, -0.2) is 4.98 Å². The molecule has 3 aromatic rings. The molecule has 1 atom stereocenters. The van der Waals surface area contributed by atoms with Crippen LogP contribution < -0.4 is 5.56 Å². The van der Waals surface area contributed by atoms with Gasteiger partial charge in [0.05, 0.1) is 6.04 Å². The molecule has 0 saturated heterocycles. The highest BCUT2D eigenvalue weighted by Crippen LogP contribution is 2.18. The van der Waals surface area contributed by atoms with Gasteiger partial charge in [-0.2, -0.15) is 0 Å². The highest BCUT2D eigenvalue weighted by molar-refractivity contribution is 5.93. The second-order valence-corrected chi connectivity index (χ2v) is 5.86. The average Bonchev–Trinajstić information content (AvgIpc) is 3.15. The van der Waals surface area contributed by atoms with E-state index >= 15 is 0 Å². The molecule has 0 unspecified atom stereocenters. The summed E-state index contributed by atoms with van der Waals surface area (Å²) in [6.07, 6.45) is 2.75. The molecule has 1 aromatic carbocycles. The third-order valence-corrected chi connectivity index (χ3v) is 4.14. The van der Waals surface area contributed by atoms with Crippen LogP contribution in [0.3, 0.4) is 0 Å². The van der Waals surface area contributed by atoms with Crippen LogP contribution in [-0.4, -0.2) is 33.0 Å². The maximum absolute atomic E-state index is 12.6. The maximum atomic E-state index is 12.6. The fourth-order valence-corrected chi connectivity index (χ4v) is 2.41. The van der Waals surface area contributed by atoms with Gasteiger partial charge < -0.3 is 14.4 Å². The zero-order chi connectivity index (χ0) is 18.0. The van der Waals surface area contributed by atoms with Crippen molar-refractivity contribution in [3.8, 4) is 11.4 Å². The normalized spacial score (nSPS) is 12.0. The number of benzene rings is 1. The Morgan fingerprint density at radius 1 is 1.24 bits per heavy atom. The van der Waals surface area contributed by atoms with Crippen molar-refractivity contribution in [2.75, 3.05) is 7.05 Å². The predicted octanol–water partition coefficient (Wildman–Crippen LogP) is 2.57. The Balaban J connectivity index is 1.86. The Morgan fingerprint density at radius 3 is 2.56 bits per heavy atom. The highest BCUT2D eigenvalue weighted by Gasteiger charge is 2.23. The molecule has 0 aliphatic rings. The summed E-state index contributed by atoms with van der Waals surface area (Å²) in [4.78, 5) is 33.3. The number of carbonyl (C=O) groups is 1. The van der Waals surface area contributed by atoms with Gasteiger partial charge in [0.2, 0.25) is 0 Å². The first-order valence-corrected chi connectivity index (χ1v) is 7.81. The number of nitrogens with zero attached hydrogens (tertiary/aromatic N) is 3. The van der Waals surface area contributed by atoms with Gasteiger partial charge in [-0.05, 0) is 13.8 Å². The predicted molar refractivity (Wildman–Crippen MR) is 92.0 cm³/mol. The lowest BCUT2D eigenvalue weighted by molar-refractivity contribution is 0.0735. The van der Waals surface area contributed by atoms with E-state index in [1.165, 1.54) is 17.4 Å². The number of carbonyl (C=O) groups excluding carboxylic acids is 1. The molecular formula is C18H18N4O3. The molecule has 0 aliphatic heterocycles. The zero-order valence-electron chi connectivity index (χ0n) is 14.2. The first kappa shape index (κ1) is 16.6. The van der Waals surface area contributed by atoms with Crippen LogP contribution in [-0.2, 0) is 0 Å². The second-order valence-electron chi connectivity index (χ2n) is 5.86. The van der Waals surface area contributed by atoms with Gasteiger partial charge in [0.15, 0.2) is 0 Å². The molecule has 2 aromatic heterocycles. The average molecular weight is 338 g/mol. The summed E-state index contributed by atoms with van der Waals surface area (Å²) in [6, 6.07) is 8.95. The second kappa shape index (κ2) is 6.72. The molecule has 0 bridgehead atoms. The van der Waals surface area contributed by atoms with E-state index in [2.05, 4.69) is 15.1 Å². The van der Waals surface area contributed by atoms with Crippen LogP contribution in [0.5, 0.6) is 0 Å². The van der Waals surface area contributed by atoms with E-state index in [9.17, 15) is 9.59 Å². The van der Waals surface area contributed by atoms with Crippen molar-refractivity contribution >= 4 is 5.91 Å². The summed E-state index contributed by atoms with van der Waals surface area (Å²) >= 11 is 0. The number of hydrogen-bond donors (Lipinski definition) is 1. The van der Waals surface area contributed by atoms with E-state index in [4.69, 9.17) is 4.52 Å². The molecule has 3 rings (SSSR count). The van der Waals surface area contributed by atoms with Crippen LogP contribution in [0.25, 0.3) is 11.4 Å². The van der Waals surface area contributed by atoms with Crippen LogP contribution >= 0.6 is 0 Å². The Labute approximate surface area is 144 Å². The van der Waals surface area contributed by atoms with Crippen LogP contribution in [0.2, 0.25) is 0 Å². The molecule has 0 fully saturated rings. The van der Waals surface area contributed by atoms with Gasteiger partial charge in [-0.1, -0.05) is 35.0 Å². The molecule has 1 N–H and O–H groups in total. The maximum Gasteiger partial charge on any atom is 0.264 e. The summed E-state index contributed by atoms with van der Waals surface area (Å²) in [5, 5.41) is 3.83. The fraction of sp³-hybridized carbons (Fsp3) is 0.222. The third-order valence-electron chi connectivity index (χ3n) is 4.14. The molecular weight excluding hydrogens is 320 g/mol. The number of aromatic nitrogens is 3. The number of nitrogens with one attached hydrogen (secondary N) is 1.